The number of amides is 1. The van der Waals surface area contributed by atoms with Gasteiger partial charge in [-0.15, -0.1) is 0 Å². The zero-order valence-electron chi connectivity index (χ0n) is 12.4. The van der Waals surface area contributed by atoms with Crippen LogP contribution in [-0.4, -0.2) is 24.5 Å². The van der Waals surface area contributed by atoms with Crippen molar-refractivity contribution in [3.63, 3.8) is 0 Å². The Kier molecular flexibility index (Phi) is 5.55. The van der Waals surface area contributed by atoms with Gasteiger partial charge in [-0.3, -0.25) is 4.79 Å². The second-order valence-corrected chi connectivity index (χ2v) is 5.28. The maximum atomic E-state index is 12.0. The molecule has 0 bridgehead atoms. The molecule has 0 fully saturated rings. The molecule has 1 rings (SSSR count). The third-order valence-electron chi connectivity index (χ3n) is 2.77. The standard InChI is InChI=1S/C15H22N2O3/c1-9(2)8-17-14(18)11(4)20-15(19)12-7-10(3)5-6-13(12)16/h5-7,9,11H,8,16H2,1-4H3,(H,17,18). The maximum absolute atomic E-state index is 12.0. The van der Waals surface area contributed by atoms with Crippen LogP contribution in [0.1, 0.15) is 36.7 Å². The van der Waals surface area contributed by atoms with E-state index in [4.69, 9.17) is 10.5 Å². The summed E-state index contributed by atoms with van der Waals surface area (Å²) in [6.45, 7) is 7.93. The number of aryl methyl sites for hydroxylation is 1. The van der Waals surface area contributed by atoms with Crippen molar-refractivity contribution in [2.45, 2.75) is 33.8 Å². The van der Waals surface area contributed by atoms with Crippen molar-refractivity contribution in [2.24, 2.45) is 5.92 Å². The number of carbonyl (C=O) groups is 2. The van der Waals surface area contributed by atoms with Crippen LogP contribution in [0.3, 0.4) is 0 Å². The number of carbonyl (C=O) groups excluding carboxylic acids is 2. The molecular weight excluding hydrogens is 256 g/mol. The number of anilines is 1. The molecule has 0 heterocycles. The van der Waals surface area contributed by atoms with Gasteiger partial charge in [0, 0.05) is 12.2 Å². The van der Waals surface area contributed by atoms with E-state index >= 15 is 0 Å². The van der Waals surface area contributed by atoms with Gasteiger partial charge in [-0.25, -0.2) is 4.79 Å². The molecule has 1 unspecified atom stereocenters. The minimum atomic E-state index is -0.846. The van der Waals surface area contributed by atoms with Gasteiger partial charge < -0.3 is 15.8 Å². The summed E-state index contributed by atoms with van der Waals surface area (Å²) in [5, 5.41) is 2.72. The highest BCUT2D eigenvalue weighted by molar-refractivity contribution is 5.96. The van der Waals surface area contributed by atoms with Gasteiger partial charge in [0.2, 0.25) is 0 Å². The van der Waals surface area contributed by atoms with Gasteiger partial charge in [-0.1, -0.05) is 25.5 Å². The van der Waals surface area contributed by atoms with E-state index in [2.05, 4.69) is 5.32 Å². The molecule has 1 aromatic carbocycles. The molecule has 3 N–H and O–H groups in total. The molecule has 5 heteroatoms. The van der Waals surface area contributed by atoms with E-state index < -0.39 is 12.1 Å². The van der Waals surface area contributed by atoms with Crippen molar-refractivity contribution in [2.75, 3.05) is 12.3 Å². The Morgan fingerprint density at radius 3 is 2.55 bits per heavy atom. The van der Waals surface area contributed by atoms with E-state index in [-0.39, 0.29) is 11.5 Å². The van der Waals surface area contributed by atoms with E-state index in [1.807, 2.05) is 26.8 Å². The van der Waals surface area contributed by atoms with Gasteiger partial charge in [0.05, 0.1) is 5.56 Å². The maximum Gasteiger partial charge on any atom is 0.341 e. The van der Waals surface area contributed by atoms with Gasteiger partial charge >= 0.3 is 5.97 Å². The number of nitrogens with one attached hydrogen (secondary N) is 1. The van der Waals surface area contributed by atoms with E-state index in [1.54, 1.807) is 19.1 Å². The summed E-state index contributed by atoms with van der Waals surface area (Å²) in [6, 6.07) is 5.11. The van der Waals surface area contributed by atoms with Crippen LogP contribution < -0.4 is 11.1 Å². The molecule has 110 valence electrons. The molecule has 1 atom stereocenters. The van der Waals surface area contributed by atoms with Gasteiger partial charge in [0.25, 0.3) is 5.91 Å². The number of rotatable bonds is 5. The largest absolute Gasteiger partial charge is 0.449 e. The Hall–Kier alpha value is -2.04. The summed E-state index contributed by atoms with van der Waals surface area (Å²) in [4.78, 5) is 23.7. The van der Waals surface area contributed by atoms with Crippen LogP contribution in [0.25, 0.3) is 0 Å². The lowest BCUT2D eigenvalue weighted by molar-refractivity contribution is -0.129. The molecule has 1 amide bonds. The number of hydrogen-bond donors (Lipinski definition) is 2. The summed E-state index contributed by atoms with van der Waals surface area (Å²) < 4.78 is 5.14. The summed E-state index contributed by atoms with van der Waals surface area (Å²) in [6.07, 6.45) is -0.846. The van der Waals surface area contributed by atoms with Gasteiger partial charge in [-0.05, 0) is 31.9 Å². The van der Waals surface area contributed by atoms with Crippen molar-refractivity contribution in [3.05, 3.63) is 29.3 Å². The second-order valence-electron chi connectivity index (χ2n) is 5.28. The fourth-order valence-corrected chi connectivity index (χ4v) is 1.57. The smallest absolute Gasteiger partial charge is 0.341 e. The lowest BCUT2D eigenvalue weighted by Gasteiger charge is -2.15. The SMILES string of the molecule is Cc1ccc(N)c(C(=O)OC(C)C(=O)NCC(C)C)c1. The average molecular weight is 278 g/mol. The Balaban J connectivity index is 2.65. The van der Waals surface area contributed by atoms with Gasteiger partial charge in [0.1, 0.15) is 0 Å². The minimum absolute atomic E-state index is 0.286. The zero-order chi connectivity index (χ0) is 15.3. The predicted molar refractivity (Wildman–Crippen MR) is 78.3 cm³/mol. The van der Waals surface area contributed by atoms with E-state index in [0.717, 1.165) is 5.56 Å². The molecule has 0 radical (unpaired) electrons. The summed E-state index contributed by atoms with van der Waals surface area (Å²) >= 11 is 0. The molecule has 0 aliphatic heterocycles. The highest BCUT2D eigenvalue weighted by atomic mass is 16.5. The third-order valence-corrected chi connectivity index (χ3v) is 2.77. The lowest BCUT2D eigenvalue weighted by atomic mass is 10.1. The lowest BCUT2D eigenvalue weighted by Crippen LogP contribution is -2.37. The molecule has 0 spiro atoms. The molecule has 20 heavy (non-hydrogen) atoms. The van der Waals surface area contributed by atoms with Crippen LogP contribution in [0.15, 0.2) is 18.2 Å². The molecule has 0 aromatic heterocycles. The highest BCUT2D eigenvalue weighted by Gasteiger charge is 2.20. The second kappa shape index (κ2) is 6.93. The van der Waals surface area contributed by atoms with Gasteiger partial charge in [-0.2, -0.15) is 0 Å². The Labute approximate surface area is 119 Å². The van der Waals surface area contributed by atoms with Crippen LogP contribution in [0.4, 0.5) is 5.69 Å². The number of nitrogen functional groups attached to an aromatic ring is 1. The average Bonchev–Trinajstić information content (AvgIpc) is 2.38. The van der Waals surface area contributed by atoms with Crippen molar-refractivity contribution in [3.8, 4) is 0 Å². The Morgan fingerprint density at radius 2 is 1.95 bits per heavy atom. The zero-order valence-corrected chi connectivity index (χ0v) is 12.4. The third kappa shape index (κ3) is 4.57. The van der Waals surface area contributed by atoms with Crippen molar-refractivity contribution in [1.82, 2.24) is 5.32 Å². The number of nitrogens with two attached hydrogens (primary N) is 1. The number of benzene rings is 1. The minimum Gasteiger partial charge on any atom is -0.449 e. The predicted octanol–water partition coefficient (Wildman–Crippen LogP) is 1.89. The van der Waals surface area contributed by atoms with Crippen LogP contribution in [0.2, 0.25) is 0 Å². The normalized spacial score (nSPS) is 12.1. The molecule has 0 aliphatic rings. The van der Waals surface area contributed by atoms with Crippen LogP contribution in [0, 0.1) is 12.8 Å². The van der Waals surface area contributed by atoms with Crippen LogP contribution >= 0.6 is 0 Å². The molecule has 0 aliphatic carbocycles. The number of ether oxygens (including phenoxy) is 1. The van der Waals surface area contributed by atoms with E-state index in [9.17, 15) is 9.59 Å². The Bertz CT molecular complexity index is 498. The topological polar surface area (TPSA) is 81.4 Å². The Morgan fingerprint density at radius 1 is 1.30 bits per heavy atom. The quantitative estimate of drug-likeness (QED) is 0.636. The summed E-state index contributed by atoms with van der Waals surface area (Å²) in [5.74, 6) is -0.550. The van der Waals surface area contributed by atoms with Crippen LogP contribution in [0.5, 0.6) is 0 Å². The van der Waals surface area contributed by atoms with E-state index in [0.29, 0.717) is 18.2 Å². The molecule has 5 nitrogen and oxygen atoms in total. The number of hydrogen-bond acceptors (Lipinski definition) is 4. The van der Waals surface area contributed by atoms with Crippen molar-refractivity contribution in [1.29, 1.82) is 0 Å². The molecule has 1 aromatic rings. The number of esters is 1. The first kappa shape index (κ1) is 16.0. The van der Waals surface area contributed by atoms with Crippen LogP contribution in [-0.2, 0) is 9.53 Å². The first-order chi connectivity index (χ1) is 9.31. The molecular formula is C15H22N2O3. The molecule has 0 saturated carbocycles. The first-order valence-electron chi connectivity index (χ1n) is 6.66. The fraction of sp³-hybridized carbons (Fsp3) is 0.467. The monoisotopic (exact) mass is 278 g/mol. The summed E-state index contributed by atoms with van der Waals surface area (Å²) in [7, 11) is 0. The van der Waals surface area contributed by atoms with E-state index in [1.165, 1.54) is 0 Å². The summed E-state index contributed by atoms with van der Waals surface area (Å²) in [5.41, 5.74) is 7.27. The van der Waals surface area contributed by atoms with Gasteiger partial charge in [0.15, 0.2) is 6.10 Å². The first-order valence-corrected chi connectivity index (χ1v) is 6.66. The van der Waals surface area contributed by atoms with Crippen molar-refractivity contribution >= 4 is 17.6 Å². The molecule has 0 saturated heterocycles. The highest BCUT2D eigenvalue weighted by Crippen LogP contribution is 2.15. The van der Waals surface area contributed by atoms with Crippen molar-refractivity contribution < 1.29 is 14.3 Å². The fourth-order valence-electron chi connectivity index (χ4n) is 1.57.